The van der Waals surface area contributed by atoms with Crippen LogP contribution in [0.4, 0.5) is 0 Å². The van der Waals surface area contributed by atoms with Crippen molar-refractivity contribution < 1.29 is 9.90 Å². The van der Waals surface area contributed by atoms with Crippen molar-refractivity contribution >= 4 is 22.6 Å². The maximum absolute atomic E-state index is 11.9. The van der Waals surface area contributed by atoms with Crippen LogP contribution >= 0.6 is 0 Å². The zero-order valence-corrected chi connectivity index (χ0v) is 13.1. The number of amides is 1. The number of carbonyl (C=O) groups excluding carboxylic acids is 1. The topological polar surface area (TPSA) is 107 Å². The average molecular weight is 302 g/mol. The van der Waals surface area contributed by atoms with E-state index < -0.39 is 5.91 Å². The van der Waals surface area contributed by atoms with Gasteiger partial charge in [0.1, 0.15) is 0 Å². The van der Waals surface area contributed by atoms with E-state index in [1.165, 1.54) is 0 Å². The summed E-state index contributed by atoms with van der Waals surface area (Å²) in [7, 11) is 0. The van der Waals surface area contributed by atoms with Crippen LogP contribution in [0.15, 0.2) is 23.2 Å². The molecule has 118 valence electrons. The lowest BCUT2D eigenvalue weighted by Gasteiger charge is -2.12. The van der Waals surface area contributed by atoms with Crippen molar-refractivity contribution in [3.63, 3.8) is 0 Å². The molecule has 2 aromatic rings. The van der Waals surface area contributed by atoms with Gasteiger partial charge < -0.3 is 21.1 Å². The van der Waals surface area contributed by atoms with Crippen LogP contribution in [0, 0.1) is 12.8 Å². The molecule has 0 saturated carbocycles. The number of nitrogens with two attached hydrogens (primary N) is 2. The van der Waals surface area contributed by atoms with Crippen molar-refractivity contribution in [3.05, 3.63) is 29.5 Å². The number of benzene rings is 1. The van der Waals surface area contributed by atoms with Gasteiger partial charge in [0.2, 0.25) is 0 Å². The van der Waals surface area contributed by atoms with Crippen molar-refractivity contribution in [2.45, 2.75) is 33.7 Å². The maximum atomic E-state index is 11.9. The molecule has 0 aliphatic carbocycles. The second-order valence-corrected chi connectivity index (χ2v) is 5.93. The van der Waals surface area contributed by atoms with Crippen molar-refractivity contribution in [1.82, 2.24) is 4.57 Å². The number of carbonyl (C=O) groups is 1. The molecule has 0 atom stereocenters. The van der Waals surface area contributed by atoms with Gasteiger partial charge in [0.25, 0.3) is 5.91 Å². The van der Waals surface area contributed by atoms with Gasteiger partial charge in [0, 0.05) is 23.0 Å². The molecular formula is C16H22N4O2. The normalized spacial score (nSPS) is 11.1. The summed E-state index contributed by atoms with van der Waals surface area (Å²) < 4.78 is 1.77. The summed E-state index contributed by atoms with van der Waals surface area (Å²) in [6.45, 7) is 6.68. The zero-order valence-electron chi connectivity index (χ0n) is 13.1. The number of aryl methyl sites for hydroxylation is 1. The summed E-state index contributed by atoms with van der Waals surface area (Å²) in [4.78, 5) is 15.5. The molecule has 5 N–H and O–H groups in total. The largest absolute Gasteiger partial charge is 0.494 e. The minimum atomic E-state index is -0.426. The number of rotatable bonds is 4. The third-order valence-electron chi connectivity index (χ3n) is 3.43. The highest BCUT2D eigenvalue weighted by Gasteiger charge is 2.19. The van der Waals surface area contributed by atoms with Gasteiger partial charge in [-0.2, -0.15) is 4.99 Å². The van der Waals surface area contributed by atoms with Gasteiger partial charge in [-0.3, -0.25) is 4.79 Å². The first-order chi connectivity index (χ1) is 10.3. The molecule has 6 heteroatoms. The molecule has 0 unspecified atom stereocenters. The first-order valence-electron chi connectivity index (χ1n) is 7.22. The van der Waals surface area contributed by atoms with E-state index in [-0.39, 0.29) is 18.3 Å². The van der Waals surface area contributed by atoms with E-state index in [0.717, 1.165) is 22.0 Å². The summed E-state index contributed by atoms with van der Waals surface area (Å²) in [5.74, 6) is -0.174. The Balaban J connectivity index is 2.58. The van der Waals surface area contributed by atoms with Crippen molar-refractivity contribution in [2.24, 2.45) is 22.4 Å². The summed E-state index contributed by atoms with van der Waals surface area (Å²) in [5.41, 5.74) is 12.3. The van der Waals surface area contributed by atoms with Gasteiger partial charge in [0.05, 0.1) is 6.42 Å². The van der Waals surface area contributed by atoms with Crippen LogP contribution in [0.2, 0.25) is 0 Å². The van der Waals surface area contributed by atoms with Crippen LogP contribution in [-0.2, 0) is 17.8 Å². The number of aromatic nitrogens is 1. The molecule has 2 rings (SSSR count). The van der Waals surface area contributed by atoms with E-state index in [2.05, 4.69) is 18.8 Å². The third-order valence-corrected chi connectivity index (χ3v) is 3.43. The van der Waals surface area contributed by atoms with Crippen LogP contribution in [0.5, 0.6) is 5.88 Å². The van der Waals surface area contributed by atoms with E-state index in [4.69, 9.17) is 11.5 Å². The molecule has 0 spiro atoms. The number of fused-ring (bicyclic) bond motifs is 1. The molecule has 6 nitrogen and oxygen atoms in total. The predicted molar refractivity (Wildman–Crippen MR) is 87.7 cm³/mol. The number of hydrogen-bond acceptors (Lipinski definition) is 2. The molecular weight excluding hydrogens is 280 g/mol. The van der Waals surface area contributed by atoms with Gasteiger partial charge >= 0.3 is 0 Å². The van der Waals surface area contributed by atoms with E-state index in [0.29, 0.717) is 12.5 Å². The van der Waals surface area contributed by atoms with Gasteiger partial charge in [-0.25, -0.2) is 0 Å². The van der Waals surface area contributed by atoms with Gasteiger partial charge in [-0.05, 0) is 18.9 Å². The molecule has 1 amide bonds. The lowest BCUT2D eigenvalue weighted by Crippen LogP contribution is -2.25. The fraction of sp³-hybridized carbons (Fsp3) is 0.375. The van der Waals surface area contributed by atoms with Crippen LogP contribution in [0.3, 0.4) is 0 Å². The molecule has 1 aromatic carbocycles. The minimum Gasteiger partial charge on any atom is -0.494 e. The Hall–Kier alpha value is -2.50. The van der Waals surface area contributed by atoms with Gasteiger partial charge in [-0.15, -0.1) is 0 Å². The Morgan fingerprint density at radius 1 is 1.32 bits per heavy atom. The number of aliphatic imine (C=N–C) groups is 1. The average Bonchev–Trinajstić information content (AvgIpc) is 2.62. The Labute approximate surface area is 129 Å². The number of hydrogen-bond donors (Lipinski definition) is 3. The molecule has 1 aromatic heterocycles. The summed E-state index contributed by atoms with van der Waals surface area (Å²) >= 11 is 0. The van der Waals surface area contributed by atoms with Gasteiger partial charge in [0.15, 0.2) is 11.8 Å². The van der Waals surface area contributed by atoms with Crippen molar-refractivity contribution in [1.29, 1.82) is 0 Å². The first kappa shape index (κ1) is 15.9. The molecule has 0 fully saturated rings. The molecule has 22 heavy (non-hydrogen) atoms. The zero-order chi connectivity index (χ0) is 16.4. The maximum Gasteiger partial charge on any atom is 0.254 e. The third kappa shape index (κ3) is 3.21. The molecule has 1 heterocycles. The Morgan fingerprint density at radius 3 is 2.59 bits per heavy atom. The Kier molecular flexibility index (Phi) is 4.40. The molecule has 0 aliphatic heterocycles. The summed E-state index contributed by atoms with van der Waals surface area (Å²) in [5, 5.41) is 12.1. The van der Waals surface area contributed by atoms with Gasteiger partial charge in [-0.1, -0.05) is 31.5 Å². The van der Waals surface area contributed by atoms with E-state index in [9.17, 15) is 9.90 Å². The first-order valence-corrected chi connectivity index (χ1v) is 7.22. The fourth-order valence-corrected chi connectivity index (χ4v) is 2.59. The highest BCUT2D eigenvalue weighted by molar-refractivity contribution is 5.97. The van der Waals surface area contributed by atoms with E-state index in [1.54, 1.807) is 4.57 Å². The van der Waals surface area contributed by atoms with Crippen LogP contribution in [-0.4, -0.2) is 21.5 Å². The smallest absolute Gasteiger partial charge is 0.254 e. The standard InChI is InChI=1S/C16H22N4O2/c1-9(2)8-20-13(7-14(21)19-16(17)18)11-5-4-10(3)6-12(11)15(20)22/h4-6,9,22H,7-8H2,1-3H3,(H4,17,18,19,21). The summed E-state index contributed by atoms with van der Waals surface area (Å²) in [6.07, 6.45) is 0.0464. The number of aromatic hydroxyl groups is 1. The molecule has 0 saturated heterocycles. The lowest BCUT2D eigenvalue weighted by atomic mass is 10.1. The summed E-state index contributed by atoms with van der Waals surface area (Å²) in [6, 6.07) is 5.78. The SMILES string of the molecule is Cc1ccc2c(CC(=O)N=C(N)N)n(CC(C)C)c(O)c2c1. The Bertz CT molecular complexity index is 740. The minimum absolute atomic E-state index is 0.0464. The highest BCUT2D eigenvalue weighted by Crippen LogP contribution is 2.33. The second-order valence-electron chi connectivity index (χ2n) is 5.93. The van der Waals surface area contributed by atoms with Crippen molar-refractivity contribution in [2.75, 3.05) is 0 Å². The fourth-order valence-electron chi connectivity index (χ4n) is 2.59. The number of nitrogens with zero attached hydrogens (tertiary/aromatic N) is 2. The highest BCUT2D eigenvalue weighted by atomic mass is 16.3. The molecule has 0 bridgehead atoms. The van der Waals surface area contributed by atoms with E-state index >= 15 is 0 Å². The van der Waals surface area contributed by atoms with Crippen molar-refractivity contribution in [3.8, 4) is 5.88 Å². The lowest BCUT2D eigenvalue weighted by molar-refractivity contribution is -0.117. The van der Waals surface area contributed by atoms with Crippen LogP contribution in [0.25, 0.3) is 10.8 Å². The molecule has 0 radical (unpaired) electrons. The second kappa shape index (κ2) is 6.09. The quantitative estimate of drug-likeness (QED) is 0.589. The predicted octanol–water partition coefficient (Wildman–Crippen LogP) is 1.65. The number of guanidine groups is 1. The Morgan fingerprint density at radius 2 is 2.00 bits per heavy atom. The monoisotopic (exact) mass is 302 g/mol. The molecule has 0 aliphatic rings. The van der Waals surface area contributed by atoms with Crippen LogP contribution in [0.1, 0.15) is 25.1 Å². The van der Waals surface area contributed by atoms with E-state index in [1.807, 2.05) is 25.1 Å². The van der Waals surface area contributed by atoms with Crippen LogP contribution < -0.4 is 11.5 Å².